The van der Waals surface area contributed by atoms with Crippen LogP contribution in [0.25, 0.3) is 0 Å². The fraction of sp³-hybridized carbons (Fsp3) is 1.00. The Morgan fingerprint density at radius 3 is 1.31 bits per heavy atom. The molecule has 0 aromatic rings. The smallest absolute Gasteiger partial charge is 0.309 e. The SMILES string of the molecule is C1CCC(PC2CCCCC2)CC1.[Cl][Mg][Cl]. The Labute approximate surface area is 120 Å². The summed E-state index contributed by atoms with van der Waals surface area (Å²) in [4.78, 5) is 0. The molecule has 2 aliphatic rings. The molecule has 2 saturated carbocycles. The molecule has 2 fully saturated rings. The van der Waals surface area contributed by atoms with E-state index in [1.54, 1.807) is 25.7 Å². The van der Waals surface area contributed by atoms with Crippen LogP contribution < -0.4 is 0 Å². The van der Waals surface area contributed by atoms with Gasteiger partial charge in [-0.2, -0.15) is 0 Å². The molecule has 2 rings (SSSR count). The monoisotopic (exact) mass is 292 g/mol. The highest BCUT2D eigenvalue weighted by molar-refractivity contribution is 7.39. The van der Waals surface area contributed by atoms with Crippen molar-refractivity contribution >= 4 is 44.9 Å². The van der Waals surface area contributed by atoms with E-state index in [1.807, 2.05) is 0 Å². The van der Waals surface area contributed by atoms with Crippen LogP contribution in [-0.4, -0.2) is 29.5 Å². The van der Waals surface area contributed by atoms with Crippen molar-refractivity contribution in [1.82, 2.24) is 0 Å². The summed E-state index contributed by atoms with van der Waals surface area (Å²) in [7, 11) is 11.1. The van der Waals surface area contributed by atoms with Crippen molar-refractivity contribution in [2.24, 2.45) is 0 Å². The molecule has 0 radical (unpaired) electrons. The zero-order valence-electron chi connectivity index (χ0n) is 10.2. The van der Waals surface area contributed by atoms with Gasteiger partial charge in [0.1, 0.15) is 0 Å². The molecule has 0 amide bonds. The maximum atomic E-state index is 4.90. The van der Waals surface area contributed by atoms with Crippen LogP contribution in [0, 0.1) is 0 Å². The molecule has 16 heavy (non-hydrogen) atoms. The summed E-state index contributed by atoms with van der Waals surface area (Å²) >= 11 is -0.639. The van der Waals surface area contributed by atoms with Crippen LogP contribution in [0.5, 0.6) is 0 Å². The minimum Gasteiger partial charge on any atom is -0.309 e. The summed E-state index contributed by atoms with van der Waals surface area (Å²) in [5, 5.41) is 0. The van der Waals surface area contributed by atoms with Crippen molar-refractivity contribution in [2.45, 2.75) is 75.5 Å². The van der Waals surface area contributed by atoms with E-state index in [-0.39, 0.29) is 0 Å². The van der Waals surface area contributed by atoms with E-state index in [9.17, 15) is 0 Å². The van der Waals surface area contributed by atoms with E-state index < -0.39 is 18.2 Å². The van der Waals surface area contributed by atoms with E-state index >= 15 is 0 Å². The molecule has 2 aliphatic carbocycles. The Morgan fingerprint density at radius 2 is 1.00 bits per heavy atom. The van der Waals surface area contributed by atoms with Gasteiger partial charge in [-0.05, 0) is 37.0 Å². The van der Waals surface area contributed by atoms with Crippen molar-refractivity contribution in [3.8, 4) is 0 Å². The first-order valence-electron chi connectivity index (χ1n) is 6.74. The van der Waals surface area contributed by atoms with Gasteiger partial charge in [0.2, 0.25) is 0 Å². The first kappa shape index (κ1) is 15.8. The molecule has 0 nitrogen and oxygen atoms in total. The second-order valence-electron chi connectivity index (χ2n) is 4.94. The van der Waals surface area contributed by atoms with E-state index in [0.717, 1.165) is 11.3 Å². The molecule has 0 bridgehead atoms. The van der Waals surface area contributed by atoms with Crippen LogP contribution in [0.4, 0.5) is 0 Å². The van der Waals surface area contributed by atoms with Crippen LogP contribution in [0.3, 0.4) is 0 Å². The van der Waals surface area contributed by atoms with Gasteiger partial charge in [-0.1, -0.05) is 38.5 Å². The highest BCUT2D eigenvalue weighted by atomic mass is 35.6. The third-order valence-corrected chi connectivity index (χ3v) is 5.78. The molecule has 4 heteroatoms. The summed E-state index contributed by atoms with van der Waals surface area (Å²) in [6.07, 6.45) is 15.4. The molecule has 92 valence electrons. The lowest BCUT2D eigenvalue weighted by atomic mass is 10.00. The van der Waals surface area contributed by atoms with Gasteiger partial charge in [-0.3, -0.25) is 0 Å². The Hall–Kier alpha value is 1.78. The van der Waals surface area contributed by atoms with E-state index in [0.29, 0.717) is 0 Å². The summed E-state index contributed by atoms with van der Waals surface area (Å²) < 4.78 is 0. The molecule has 0 aromatic heterocycles. The normalized spacial score (nSPS) is 23.1. The lowest BCUT2D eigenvalue weighted by molar-refractivity contribution is 0.490. The molecular weight excluding hydrogens is 270 g/mol. The summed E-state index contributed by atoms with van der Waals surface area (Å²) in [5.74, 6) is 0. The Balaban J connectivity index is 0.000000386. The predicted molar refractivity (Wildman–Crippen MR) is 79.5 cm³/mol. The van der Waals surface area contributed by atoms with Crippen LogP contribution in [0.15, 0.2) is 0 Å². The first-order chi connectivity index (χ1) is 7.86. The molecular formula is C12H23Cl2MgP. The zero-order chi connectivity index (χ0) is 11.6. The van der Waals surface area contributed by atoms with Gasteiger partial charge in [0.15, 0.2) is 0 Å². The van der Waals surface area contributed by atoms with Crippen molar-refractivity contribution in [1.29, 1.82) is 0 Å². The minimum absolute atomic E-state index is 0.639. The maximum absolute atomic E-state index is 4.90. The highest BCUT2D eigenvalue weighted by Gasteiger charge is 2.20. The Morgan fingerprint density at radius 1 is 0.688 bits per heavy atom. The zero-order valence-corrected chi connectivity index (χ0v) is 14.1. The average molecular weight is 294 g/mol. The van der Waals surface area contributed by atoms with E-state index in [1.165, 1.54) is 47.1 Å². The van der Waals surface area contributed by atoms with Crippen molar-refractivity contribution in [3.63, 3.8) is 0 Å². The largest absolute Gasteiger partial charge is 0.618 e. The predicted octanol–water partition coefficient (Wildman–Crippen LogP) is 5.33. The molecule has 0 unspecified atom stereocenters. The topological polar surface area (TPSA) is 0 Å². The van der Waals surface area contributed by atoms with E-state index in [2.05, 4.69) is 0 Å². The summed E-state index contributed by atoms with van der Waals surface area (Å²) in [6.45, 7) is 0. The fourth-order valence-electron chi connectivity index (χ4n) is 2.87. The van der Waals surface area contributed by atoms with Crippen LogP contribution >= 0.6 is 26.7 Å². The molecule has 0 atom stereocenters. The van der Waals surface area contributed by atoms with Gasteiger partial charge >= 0.3 is 18.2 Å². The number of rotatable bonds is 2. The molecule has 0 N–H and O–H groups in total. The third kappa shape index (κ3) is 7.26. The second kappa shape index (κ2) is 10.7. The van der Waals surface area contributed by atoms with Gasteiger partial charge in [0.25, 0.3) is 0 Å². The van der Waals surface area contributed by atoms with Crippen molar-refractivity contribution in [3.05, 3.63) is 0 Å². The third-order valence-electron chi connectivity index (χ3n) is 3.68. The Kier molecular flexibility index (Phi) is 10.6. The molecule has 0 saturated heterocycles. The first-order valence-corrected chi connectivity index (χ1v) is 12.2. The molecule has 0 aromatic carbocycles. The average Bonchev–Trinajstić information content (AvgIpc) is 2.33. The molecule has 0 aliphatic heterocycles. The van der Waals surface area contributed by atoms with Crippen molar-refractivity contribution < 1.29 is 0 Å². The molecule has 0 spiro atoms. The Bertz CT molecular complexity index is 141. The van der Waals surface area contributed by atoms with Crippen LogP contribution in [0.2, 0.25) is 0 Å². The van der Waals surface area contributed by atoms with Gasteiger partial charge < -0.3 is 18.1 Å². The number of halogens is 2. The molecule has 0 heterocycles. The second-order valence-corrected chi connectivity index (χ2v) is 9.53. The summed E-state index contributed by atoms with van der Waals surface area (Å²) in [5.41, 5.74) is 2.30. The van der Waals surface area contributed by atoms with Gasteiger partial charge in [0, 0.05) is 0 Å². The lowest BCUT2D eigenvalue weighted by Crippen LogP contribution is -2.14. The van der Waals surface area contributed by atoms with Crippen LogP contribution in [0.1, 0.15) is 64.2 Å². The quantitative estimate of drug-likeness (QED) is 0.477. The van der Waals surface area contributed by atoms with Gasteiger partial charge in [-0.15, -0.1) is 8.58 Å². The summed E-state index contributed by atoms with van der Waals surface area (Å²) in [6, 6.07) is 0. The highest BCUT2D eigenvalue weighted by Crippen LogP contribution is 2.41. The van der Waals surface area contributed by atoms with Gasteiger partial charge in [-0.25, -0.2) is 0 Å². The van der Waals surface area contributed by atoms with Gasteiger partial charge in [0.05, 0.1) is 0 Å². The minimum atomic E-state index is -0.639. The lowest BCUT2D eigenvalue weighted by Gasteiger charge is -2.28. The van der Waals surface area contributed by atoms with E-state index in [4.69, 9.17) is 18.1 Å². The fourth-order valence-corrected chi connectivity index (χ4v) is 5.02. The maximum Gasteiger partial charge on any atom is 0.618 e. The number of hydrogen-bond donors (Lipinski definition) is 0. The number of hydrogen-bond acceptors (Lipinski definition) is 0. The van der Waals surface area contributed by atoms with Crippen molar-refractivity contribution in [2.75, 3.05) is 0 Å². The standard InChI is InChI=1S/C12H23P.2ClH.Mg/c1-3-7-11(8-4-1)13-12-9-5-2-6-10-12;;;/h11-13H,1-10H2;2*1H;/q;;;+2/p-2. The van der Waals surface area contributed by atoms with Crippen LogP contribution in [-0.2, 0) is 0 Å².